The largest absolute Gasteiger partial charge is 0.0848 e. The highest BCUT2D eigenvalue weighted by Gasteiger charge is 1.78. The second kappa shape index (κ2) is 5.61. The maximum Gasteiger partial charge on any atom is -0.0287 e. The van der Waals surface area contributed by atoms with Gasteiger partial charge in [-0.1, -0.05) is 45.1 Å². The monoisotopic (exact) mass is 124 g/mol. The number of rotatable bonds is 3. The zero-order valence-corrected chi connectivity index (χ0v) is 6.59. The Morgan fingerprint density at radius 1 is 1.22 bits per heavy atom. The summed E-state index contributed by atoms with van der Waals surface area (Å²) in [4.78, 5) is 0. The van der Waals surface area contributed by atoms with Crippen LogP contribution in [-0.2, 0) is 0 Å². The zero-order chi connectivity index (χ0) is 7.11. The smallest absolute Gasteiger partial charge is 0.0287 e. The fourth-order valence-electron chi connectivity index (χ4n) is 0.501. The summed E-state index contributed by atoms with van der Waals surface area (Å²) in [6.45, 7) is 6.49. The van der Waals surface area contributed by atoms with E-state index in [0.29, 0.717) is 5.92 Å². The van der Waals surface area contributed by atoms with Crippen LogP contribution in [0.15, 0.2) is 24.3 Å². The van der Waals surface area contributed by atoms with E-state index in [4.69, 9.17) is 0 Å². The predicted molar refractivity (Wildman–Crippen MR) is 43.4 cm³/mol. The summed E-state index contributed by atoms with van der Waals surface area (Å²) in [5, 5.41) is 0. The van der Waals surface area contributed by atoms with E-state index in [2.05, 4.69) is 45.1 Å². The summed E-state index contributed by atoms with van der Waals surface area (Å²) in [6.07, 6.45) is 9.67. The average molecular weight is 124 g/mol. The zero-order valence-electron chi connectivity index (χ0n) is 6.59. The Labute approximate surface area is 58.3 Å². The molecule has 0 aliphatic rings. The van der Waals surface area contributed by atoms with Gasteiger partial charge in [-0.05, 0) is 12.3 Å². The first-order valence-corrected chi connectivity index (χ1v) is 3.60. The second-order valence-corrected chi connectivity index (χ2v) is 2.47. The molecule has 0 aliphatic carbocycles. The van der Waals surface area contributed by atoms with Gasteiger partial charge in [-0.15, -0.1) is 0 Å². The van der Waals surface area contributed by atoms with E-state index in [1.54, 1.807) is 0 Å². The van der Waals surface area contributed by atoms with Crippen molar-refractivity contribution in [1.82, 2.24) is 0 Å². The molecule has 0 bridgehead atoms. The van der Waals surface area contributed by atoms with Crippen LogP contribution in [-0.4, -0.2) is 0 Å². The van der Waals surface area contributed by atoms with Gasteiger partial charge >= 0.3 is 0 Å². The highest BCUT2D eigenvalue weighted by Crippen LogP contribution is 1.93. The van der Waals surface area contributed by atoms with Gasteiger partial charge in [-0.3, -0.25) is 0 Å². The Balaban J connectivity index is 3.35. The van der Waals surface area contributed by atoms with Crippen molar-refractivity contribution in [3.63, 3.8) is 0 Å². The van der Waals surface area contributed by atoms with Gasteiger partial charge in [0.1, 0.15) is 0 Å². The summed E-state index contributed by atoms with van der Waals surface area (Å²) in [6, 6.07) is 0. The molecule has 0 unspecified atom stereocenters. The quantitative estimate of drug-likeness (QED) is 0.507. The van der Waals surface area contributed by atoms with Crippen molar-refractivity contribution in [3.05, 3.63) is 24.3 Å². The molecule has 9 heavy (non-hydrogen) atoms. The van der Waals surface area contributed by atoms with Crippen LogP contribution in [0.3, 0.4) is 0 Å². The Hall–Kier alpha value is -0.520. The third kappa shape index (κ3) is 7.48. The van der Waals surface area contributed by atoms with Crippen LogP contribution >= 0.6 is 0 Å². The lowest BCUT2D eigenvalue weighted by Gasteiger charge is -1.88. The molecule has 0 radical (unpaired) electrons. The highest BCUT2D eigenvalue weighted by molar-refractivity contribution is 5.02. The molecule has 0 spiro atoms. The fraction of sp³-hybridized carbons (Fsp3) is 0.556. The number of hydrogen-bond acceptors (Lipinski definition) is 0. The van der Waals surface area contributed by atoms with Crippen LogP contribution in [0.25, 0.3) is 0 Å². The Bertz CT molecular complexity index is 96.6. The molecule has 0 fully saturated rings. The van der Waals surface area contributed by atoms with Crippen molar-refractivity contribution in [2.45, 2.75) is 27.2 Å². The van der Waals surface area contributed by atoms with Gasteiger partial charge in [0.25, 0.3) is 0 Å². The van der Waals surface area contributed by atoms with E-state index in [0.717, 1.165) is 6.42 Å². The van der Waals surface area contributed by atoms with Gasteiger partial charge in [-0.2, -0.15) is 0 Å². The lowest BCUT2D eigenvalue weighted by Crippen LogP contribution is -1.74. The van der Waals surface area contributed by atoms with Crippen LogP contribution in [0.4, 0.5) is 0 Å². The second-order valence-electron chi connectivity index (χ2n) is 2.47. The molecule has 0 nitrogen and oxygen atoms in total. The SMILES string of the molecule is CC/C=C/C=C/C(C)C. The normalized spacial score (nSPS) is 12.4. The van der Waals surface area contributed by atoms with E-state index in [-0.39, 0.29) is 0 Å². The number of hydrogen-bond donors (Lipinski definition) is 0. The van der Waals surface area contributed by atoms with E-state index in [1.165, 1.54) is 0 Å². The first kappa shape index (κ1) is 8.48. The topological polar surface area (TPSA) is 0 Å². The van der Waals surface area contributed by atoms with Crippen molar-refractivity contribution >= 4 is 0 Å². The molecule has 0 aromatic heterocycles. The number of allylic oxidation sites excluding steroid dienone is 4. The van der Waals surface area contributed by atoms with Crippen LogP contribution in [0, 0.1) is 5.92 Å². The Morgan fingerprint density at radius 3 is 2.33 bits per heavy atom. The lowest BCUT2D eigenvalue weighted by molar-refractivity contribution is 0.832. The van der Waals surface area contributed by atoms with Crippen LogP contribution < -0.4 is 0 Å². The minimum Gasteiger partial charge on any atom is -0.0848 e. The van der Waals surface area contributed by atoms with Crippen LogP contribution in [0.1, 0.15) is 27.2 Å². The molecule has 0 heteroatoms. The van der Waals surface area contributed by atoms with Gasteiger partial charge in [0.15, 0.2) is 0 Å². The van der Waals surface area contributed by atoms with Gasteiger partial charge in [-0.25, -0.2) is 0 Å². The van der Waals surface area contributed by atoms with Gasteiger partial charge < -0.3 is 0 Å². The van der Waals surface area contributed by atoms with Crippen molar-refractivity contribution < 1.29 is 0 Å². The molecule has 0 rings (SSSR count). The third-order valence-corrected chi connectivity index (χ3v) is 0.979. The van der Waals surface area contributed by atoms with Gasteiger partial charge in [0.05, 0.1) is 0 Å². The predicted octanol–water partition coefficient (Wildman–Crippen LogP) is 3.16. The van der Waals surface area contributed by atoms with Crippen molar-refractivity contribution in [1.29, 1.82) is 0 Å². The summed E-state index contributed by atoms with van der Waals surface area (Å²) >= 11 is 0. The molecule has 0 saturated heterocycles. The average Bonchev–Trinajstić information content (AvgIpc) is 1.80. The Kier molecular flexibility index (Phi) is 5.29. The molecule has 0 saturated carbocycles. The summed E-state index contributed by atoms with van der Waals surface area (Å²) in [7, 11) is 0. The third-order valence-electron chi connectivity index (χ3n) is 0.979. The first-order valence-electron chi connectivity index (χ1n) is 3.60. The summed E-state index contributed by atoms with van der Waals surface area (Å²) in [5.41, 5.74) is 0. The van der Waals surface area contributed by atoms with Gasteiger partial charge in [0.2, 0.25) is 0 Å². The van der Waals surface area contributed by atoms with Crippen molar-refractivity contribution in [3.8, 4) is 0 Å². The fourth-order valence-corrected chi connectivity index (χ4v) is 0.501. The highest BCUT2D eigenvalue weighted by atomic mass is 13.8. The molecular formula is C9H16. The minimum absolute atomic E-state index is 0.673. The maximum absolute atomic E-state index is 2.19. The Morgan fingerprint density at radius 2 is 1.89 bits per heavy atom. The van der Waals surface area contributed by atoms with Crippen LogP contribution in [0.2, 0.25) is 0 Å². The van der Waals surface area contributed by atoms with Crippen molar-refractivity contribution in [2.75, 3.05) is 0 Å². The molecule has 0 N–H and O–H groups in total. The molecule has 0 aromatic carbocycles. The molecule has 52 valence electrons. The summed E-state index contributed by atoms with van der Waals surface area (Å²) in [5.74, 6) is 0.673. The molecule has 0 amide bonds. The molecular weight excluding hydrogens is 108 g/mol. The summed E-state index contributed by atoms with van der Waals surface area (Å²) < 4.78 is 0. The van der Waals surface area contributed by atoms with E-state index in [1.807, 2.05) is 0 Å². The van der Waals surface area contributed by atoms with Crippen LogP contribution in [0.5, 0.6) is 0 Å². The van der Waals surface area contributed by atoms with E-state index < -0.39 is 0 Å². The molecule has 0 heterocycles. The van der Waals surface area contributed by atoms with E-state index in [9.17, 15) is 0 Å². The van der Waals surface area contributed by atoms with Crippen molar-refractivity contribution in [2.24, 2.45) is 5.92 Å². The standard InChI is InChI=1S/C9H16/c1-4-5-6-7-8-9(2)3/h5-9H,4H2,1-3H3/b6-5+,8-7+. The molecule has 0 aromatic rings. The first-order chi connectivity index (χ1) is 4.27. The molecule has 0 aliphatic heterocycles. The maximum atomic E-state index is 2.19. The molecule has 0 atom stereocenters. The minimum atomic E-state index is 0.673. The van der Waals surface area contributed by atoms with E-state index >= 15 is 0 Å². The lowest BCUT2D eigenvalue weighted by atomic mass is 10.2. The van der Waals surface area contributed by atoms with Gasteiger partial charge in [0, 0.05) is 0 Å².